The van der Waals surface area contributed by atoms with Crippen molar-refractivity contribution in [2.45, 2.75) is 77.5 Å². The monoisotopic (exact) mass is 362 g/mol. The average molecular weight is 362 g/mol. The van der Waals surface area contributed by atoms with Crippen molar-refractivity contribution in [3.63, 3.8) is 0 Å². The lowest BCUT2D eigenvalue weighted by Gasteiger charge is -2.33. The molecule has 6 heteroatoms. The van der Waals surface area contributed by atoms with Crippen molar-refractivity contribution in [3.05, 3.63) is 29.8 Å². The van der Waals surface area contributed by atoms with E-state index in [1.165, 1.54) is 6.42 Å². The number of hydrogen-bond acceptors (Lipinski definition) is 4. The zero-order valence-corrected chi connectivity index (χ0v) is 16.2. The molecule has 1 saturated carbocycles. The molecular formula is C20H30N2O4. The number of nitrogens with one attached hydrogen (secondary N) is 2. The van der Waals surface area contributed by atoms with Gasteiger partial charge in [-0.1, -0.05) is 31.4 Å². The lowest BCUT2D eigenvalue weighted by Crippen LogP contribution is -2.47. The second-order valence-corrected chi connectivity index (χ2v) is 8.15. The number of alkyl carbamates (subject to hydrolysis) is 1. The molecule has 2 N–H and O–H groups in total. The maximum atomic E-state index is 12.0. The van der Waals surface area contributed by atoms with E-state index in [1.807, 2.05) is 32.9 Å². The molecule has 1 aliphatic rings. The van der Waals surface area contributed by atoms with E-state index in [-0.39, 0.29) is 18.2 Å². The van der Waals surface area contributed by atoms with Crippen LogP contribution in [0.3, 0.4) is 0 Å². The number of amides is 2. The minimum Gasteiger partial charge on any atom is -0.445 e. The second-order valence-electron chi connectivity index (χ2n) is 8.15. The first-order valence-corrected chi connectivity index (χ1v) is 9.19. The van der Waals surface area contributed by atoms with Crippen LogP contribution in [0.5, 0.6) is 0 Å². The van der Waals surface area contributed by atoms with Crippen LogP contribution in [-0.4, -0.2) is 23.3 Å². The van der Waals surface area contributed by atoms with Gasteiger partial charge in [-0.15, -0.1) is 0 Å². The predicted octanol–water partition coefficient (Wildman–Crippen LogP) is 4.98. The molecule has 1 aromatic carbocycles. The molecule has 1 aliphatic carbocycles. The highest BCUT2D eigenvalue weighted by Crippen LogP contribution is 2.27. The number of carbonyl (C=O) groups is 2. The molecule has 0 bridgehead atoms. The van der Waals surface area contributed by atoms with Crippen molar-refractivity contribution in [1.82, 2.24) is 5.32 Å². The summed E-state index contributed by atoms with van der Waals surface area (Å²) in [7, 11) is 0. The number of anilines is 1. The number of benzene rings is 1. The lowest BCUT2D eigenvalue weighted by atomic mass is 9.83. The summed E-state index contributed by atoms with van der Waals surface area (Å²) in [5.74, 6) is 0. The Morgan fingerprint density at radius 3 is 2.23 bits per heavy atom. The van der Waals surface area contributed by atoms with Crippen molar-refractivity contribution >= 4 is 17.9 Å². The highest BCUT2D eigenvalue weighted by Gasteiger charge is 2.28. The Kier molecular flexibility index (Phi) is 6.51. The average Bonchev–Trinajstić information content (AvgIpc) is 2.52. The highest BCUT2D eigenvalue weighted by atomic mass is 16.6. The predicted molar refractivity (Wildman–Crippen MR) is 101 cm³/mol. The fourth-order valence-corrected chi connectivity index (χ4v) is 2.99. The maximum Gasteiger partial charge on any atom is 0.412 e. The number of rotatable bonds is 4. The SMILES string of the molecule is CC1(NC(=O)OCc2ccc(NC(=O)OC(C)(C)C)cc2)CCCCC1. The number of carbonyl (C=O) groups excluding carboxylic acids is 2. The van der Waals surface area contributed by atoms with Gasteiger partial charge in [0, 0.05) is 11.2 Å². The van der Waals surface area contributed by atoms with E-state index in [0.717, 1.165) is 31.2 Å². The van der Waals surface area contributed by atoms with Gasteiger partial charge in [0.1, 0.15) is 12.2 Å². The molecule has 0 aliphatic heterocycles. The third kappa shape index (κ3) is 6.94. The van der Waals surface area contributed by atoms with Gasteiger partial charge < -0.3 is 14.8 Å². The van der Waals surface area contributed by atoms with Crippen LogP contribution in [0, 0.1) is 0 Å². The van der Waals surface area contributed by atoms with Gasteiger partial charge in [0.05, 0.1) is 0 Å². The first kappa shape index (κ1) is 20.1. The van der Waals surface area contributed by atoms with Gasteiger partial charge in [-0.3, -0.25) is 5.32 Å². The quantitative estimate of drug-likeness (QED) is 0.792. The molecule has 0 unspecified atom stereocenters. The fraction of sp³-hybridized carbons (Fsp3) is 0.600. The summed E-state index contributed by atoms with van der Waals surface area (Å²) in [4.78, 5) is 23.8. The minimum absolute atomic E-state index is 0.156. The Morgan fingerprint density at radius 2 is 1.65 bits per heavy atom. The van der Waals surface area contributed by atoms with Crippen molar-refractivity contribution in [2.24, 2.45) is 0 Å². The van der Waals surface area contributed by atoms with E-state index in [4.69, 9.17) is 9.47 Å². The molecule has 26 heavy (non-hydrogen) atoms. The van der Waals surface area contributed by atoms with Gasteiger partial charge in [0.2, 0.25) is 0 Å². The highest BCUT2D eigenvalue weighted by molar-refractivity contribution is 5.84. The van der Waals surface area contributed by atoms with Crippen molar-refractivity contribution in [3.8, 4) is 0 Å². The minimum atomic E-state index is -0.541. The Bertz CT molecular complexity index is 614. The third-order valence-electron chi connectivity index (χ3n) is 4.33. The van der Waals surface area contributed by atoms with Crippen LogP contribution in [0.1, 0.15) is 65.4 Å². The van der Waals surface area contributed by atoms with Crippen molar-refractivity contribution in [2.75, 3.05) is 5.32 Å². The van der Waals surface area contributed by atoms with Crippen LogP contribution in [0.25, 0.3) is 0 Å². The summed E-state index contributed by atoms with van der Waals surface area (Å²) >= 11 is 0. The second kappa shape index (κ2) is 8.43. The maximum absolute atomic E-state index is 12.0. The van der Waals surface area contributed by atoms with Gasteiger partial charge in [-0.2, -0.15) is 0 Å². The summed E-state index contributed by atoms with van der Waals surface area (Å²) < 4.78 is 10.5. The van der Waals surface area contributed by atoms with Crippen LogP contribution in [-0.2, 0) is 16.1 Å². The van der Waals surface area contributed by atoms with Gasteiger partial charge in [-0.25, -0.2) is 9.59 Å². The summed E-state index contributed by atoms with van der Waals surface area (Å²) in [6.45, 7) is 7.70. The van der Waals surface area contributed by atoms with Crippen molar-refractivity contribution in [1.29, 1.82) is 0 Å². The van der Waals surface area contributed by atoms with Gasteiger partial charge in [-0.05, 0) is 58.2 Å². The van der Waals surface area contributed by atoms with Crippen LogP contribution < -0.4 is 10.6 Å². The number of ether oxygens (including phenoxy) is 2. The summed E-state index contributed by atoms with van der Waals surface area (Å²) in [6.07, 6.45) is 4.62. The zero-order valence-electron chi connectivity index (χ0n) is 16.2. The van der Waals surface area contributed by atoms with E-state index in [9.17, 15) is 9.59 Å². The molecule has 2 amide bonds. The standard InChI is InChI=1S/C20H30N2O4/c1-19(2,3)26-17(23)21-16-10-8-15(9-11-16)14-25-18(24)22-20(4)12-6-5-7-13-20/h8-11H,5-7,12-14H2,1-4H3,(H,21,23)(H,22,24). The largest absolute Gasteiger partial charge is 0.445 e. The molecule has 144 valence electrons. The van der Waals surface area contributed by atoms with E-state index < -0.39 is 11.7 Å². The molecule has 2 rings (SSSR count). The third-order valence-corrected chi connectivity index (χ3v) is 4.33. The Hall–Kier alpha value is -2.24. The zero-order chi connectivity index (χ0) is 19.2. The van der Waals surface area contributed by atoms with Gasteiger partial charge in [0.15, 0.2) is 0 Å². The first-order chi connectivity index (χ1) is 12.2. The van der Waals surface area contributed by atoms with Crippen molar-refractivity contribution < 1.29 is 19.1 Å². The van der Waals surface area contributed by atoms with E-state index in [0.29, 0.717) is 5.69 Å². The van der Waals surface area contributed by atoms with Gasteiger partial charge in [0.25, 0.3) is 0 Å². The van der Waals surface area contributed by atoms with E-state index in [1.54, 1.807) is 12.1 Å². The lowest BCUT2D eigenvalue weighted by molar-refractivity contribution is 0.0636. The Balaban J connectivity index is 1.78. The normalized spacial score (nSPS) is 16.5. The van der Waals surface area contributed by atoms with Crippen LogP contribution in [0.2, 0.25) is 0 Å². The molecule has 1 fully saturated rings. The topological polar surface area (TPSA) is 76.7 Å². The molecule has 0 heterocycles. The molecule has 1 aromatic rings. The first-order valence-electron chi connectivity index (χ1n) is 9.19. The molecular weight excluding hydrogens is 332 g/mol. The van der Waals surface area contributed by atoms with E-state index >= 15 is 0 Å². The summed E-state index contributed by atoms with van der Waals surface area (Å²) in [5, 5.41) is 5.66. The molecule has 0 aromatic heterocycles. The summed E-state index contributed by atoms with van der Waals surface area (Å²) in [6, 6.07) is 7.12. The molecule has 0 saturated heterocycles. The Labute approximate surface area is 155 Å². The fourth-order valence-electron chi connectivity index (χ4n) is 2.99. The smallest absolute Gasteiger partial charge is 0.412 e. The molecule has 0 atom stereocenters. The number of hydrogen-bond donors (Lipinski definition) is 2. The van der Waals surface area contributed by atoms with Crippen LogP contribution in [0.15, 0.2) is 24.3 Å². The Morgan fingerprint density at radius 1 is 1.04 bits per heavy atom. The van der Waals surface area contributed by atoms with E-state index in [2.05, 4.69) is 17.6 Å². The van der Waals surface area contributed by atoms with Gasteiger partial charge >= 0.3 is 12.2 Å². The molecule has 0 radical (unpaired) electrons. The molecule has 0 spiro atoms. The van der Waals surface area contributed by atoms with Crippen LogP contribution >= 0.6 is 0 Å². The van der Waals surface area contributed by atoms with Crippen LogP contribution in [0.4, 0.5) is 15.3 Å². The summed E-state index contributed by atoms with van der Waals surface area (Å²) in [5.41, 5.74) is 0.780. The molecule has 6 nitrogen and oxygen atoms in total.